The molecule has 1 unspecified atom stereocenters. The maximum absolute atomic E-state index is 11.1. The Morgan fingerprint density at radius 2 is 1.50 bits per heavy atom. The first-order chi connectivity index (χ1) is 7.32. The molecule has 7 nitrogen and oxygen atoms in total. The number of ether oxygens (including phenoxy) is 3. The molecule has 0 radical (unpaired) electrons. The number of hydrogen-bond donors (Lipinski definition) is 0. The molecule has 7 heteroatoms. The molecule has 18 heavy (non-hydrogen) atoms. The highest BCUT2D eigenvalue weighted by Gasteiger charge is 2.19. The molecule has 106 valence electrons. The largest absolute Gasteiger partial charge is 0.451 e. The van der Waals surface area contributed by atoms with Crippen LogP contribution in [0.4, 0.5) is 0 Å². The number of carbonyl (C=O) groups is 4. The van der Waals surface area contributed by atoms with E-state index in [9.17, 15) is 19.2 Å². The Kier molecular flexibility index (Phi) is 12.2. The third-order valence-corrected chi connectivity index (χ3v) is 1.26. The summed E-state index contributed by atoms with van der Waals surface area (Å²) < 4.78 is 13.0. The Labute approximate surface area is 106 Å². The van der Waals surface area contributed by atoms with Crippen LogP contribution in [0.1, 0.15) is 35.6 Å². The minimum atomic E-state index is -1.11. The molecular formula is C11H20O7. The molecule has 0 aromatic heterocycles. The van der Waals surface area contributed by atoms with E-state index in [0.29, 0.717) is 0 Å². The topological polar surface area (TPSA) is 96.0 Å². The highest BCUT2D eigenvalue weighted by atomic mass is 16.6. The molecule has 0 amide bonds. The average Bonchev–Trinajstić information content (AvgIpc) is 2.11. The van der Waals surface area contributed by atoms with Gasteiger partial charge in [-0.2, -0.15) is 0 Å². The van der Waals surface area contributed by atoms with E-state index in [1.165, 1.54) is 6.92 Å². The van der Waals surface area contributed by atoms with Gasteiger partial charge in [-0.05, 0) is 6.92 Å². The SMILES string of the molecule is C.C.CC(=O)OC(=O)COC(=O)C(C)OC(C)=O. The molecule has 0 aliphatic carbocycles. The maximum Gasteiger partial charge on any atom is 0.351 e. The van der Waals surface area contributed by atoms with Crippen molar-refractivity contribution >= 4 is 23.9 Å². The molecule has 0 aliphatic rings. The molecule has 0 bridgehead atoms. The molecular weight excluding hydrogens is 244 g/mol. The Morgan fingerprint density at radius 1 is 1.00 bits per heavy atom. The molecule has 0 aromatic rings. The van der Waals surface area contributed by atoms with E-state index in [1.807, 2.05) is 0 Å². The summed E-state index contributed by atoms with van der Waals surface area (Å²) in [6, 6.07) is 0. The molecule has 0 N–H and O–H groups in total. The van der Waals surface area contributed by atoms with Crippen LogP contribution in [0.2, 0.25) is 0 Å². The van der Waals surface area contributed by atoms with Gasteiger partial charge in [-0.3, -0.25) is 9.59 Å². The van der Waals surface area contributed by atoms with Crippen LogP contribution in [0.15, 0.2) is 0 Å². The van der Waals surface area contributed by atoms with Gasteiger partial charge in [-0.25, -0.2) is 9.59 Å². The van der Waals surface area contributed by atoms with E-state index in [1.54, 1.807) is 0 Å². The lowest BCUT2D eigenvalue weighted by Gasteiger charge is -2.10. The fourth-order valence-corrected chi connectivity index (χ4v) is 0.734. The first-order valence-electron chi connectivity index (χ1n) is 4.38. The van der Waals surface area contributed by atoms with Crippen LogP contribution in [0.5, 0.6) is 0 Å². The first-order valence-corrected chi connectivity index (χ1v) is 4.38. The second kappa shape index (κ2) is 10.2. The Bertz CT molecular complexity index is 309. The summed E-state index contributed by atoms with van der Waals surface area (Å²) in [6.45, 7) is 2.76. The Balaban J connectivity index is -0.00000112. The molecule has 0 saturated heterocycles. The number of carbonyl (C=O) groups excluding carboxylic acids is 4. The predicted octanol–water partition coefficient (Wildman–Crippen LogP) is 0.843. The van der Waals surface area contributed by atoms with Crippen LogP contribution < -0.4 is 0 Å². The zero-order chi connectivity index (χ0) is 12.7. The fourth-order valence-electron chi connectivity index (χ4n) is 0.734. The van der Waals surface area contributed by atoms with Gasteiger partial charge in [0, 0.05) is 13.8 Å². The number of hydrogen-bond acceptors (Lipinski definition) is 7. The molecule has 0 rings (SSSR count). The maximum atomic E-state index is 11.1. The zero-order valence-corrected chi connectivity index (χ0v) is 9.14. The van der Waals surface area contributed by atoms with E-state index >= 15 is 0 Å². The monoisotopic (exact) mass is 264 g/mol. The van der Waals surface area contributed by atoms with Gasteiger partial charge < -0.3 is 14.2 Å². The third kappa shape index (κ3) is 10.6. The van der Waals surface area contributed by atoms with Crippen LogP contribution >= 0.6 is 0 Å². The zero-order valence-electron chi connectivity index (χ0n) is 9.14. The quantitative estimate of drug-likeness (QED) is 0.421. The van der Waals surface area contributed by atoms with Crippen molar-refractivity contribution in [3.63, 3.8) is 0 Å². The van der Waals surface area contributed by atoms with E-state index in [0.717, 1.165) is 13.8 Å². The van der Waals surface area contributed by atoms with Gasteiger partial charge in [-0.15, -0.1) is 0 Å². The summed E-state index contributed by atoms with van der Waals surface area (Å²) in [6.07, 6.45) is -1.11. The Hall–Kier alpha value is -1.92. The summed E-state index contributed by atoms with van der Waals surface area (Å²) in [5.74, 6) is -3.32. The first kappa shape index (κ1) is 21.4. The lowest BCUT2D eigenvalue weighted by molar-refractivity contribution is -0.172. The highest BCUT2D eigenvalue weighted by molar-refractivity contribution is 5.86. The van der Waals surface area contributed by atoms with Gasteiger partial charge in [0.05, 0.1) is 0 Å². The predicted molar refractivity (Wildman–Crippen MR) is 62.4 cm³/mol. The normalized spacial score (nSPS) is 9.94. The highest BCUT2D eigenvalue weighted by Crippen LogP contribution is 1.95. The van der Waals surface area contributed by atoms with Crippen molar-refractivity contribution in [1.29, 1.82) is 0 Å². The van der Waals surface area contributed by atoms with E-state index in [4.69, 9.17) is 0 Å². The average molecular weight is 264 g/mol. The van der Waals surface area contributed by atoms with Crippen molar-refractivity contribution in [2.24, 2.45) is 0 Å². The summed E-state index contributed by atoms with van der Waals surface area (Å²) in [7, 11) is 0. The molecule has 0 aromatic carbocycles. The second-order valence-electron chi connectivity index (χ2n) is 2.83. The third-order valence-electron chi connectivity index (χ3n) is 1.26. The van der Waals surface area contributed by atoms with Gasteiger partial charge in [0.2, 0.25) is 0 Å². The fraction of sp³-hybridized carbons (Fsp3) is 0.636. The minimum absolute atomic E-state index is 0. The van der Waals surface area contributed by atoms with Crippen molar-refractivity contribution in [2.75, 3.05) is 6.61 Å². The van der Waals surface area contributed by atoms with Crippen molar-refractivity contribution in [3.05, 3.63) is 0 Å². The minimum Gasteiger partial charge on any atom is -0.451 e. The van der Waals surface area contributed by atoms with Crippen molar-refractivity contribution in [3.8, 4) is 0 Å². The van der Waals surface area contributed by atoms with E-state index < -0.39 is 36.6 Å². The molecule has 0 fully saturated rings. The van der Waals surface area contributed by atoms with Gasteiger partial charge in [0.15, 0.2) is 12.7 Å². The lowest BCUT2D eigenvalue weighted by Crippen LogP contribution is -2.28. The van der Waals surface area contributed by atoms with Crippen molar-refractivity contribution < 1.29 is 33.4 Å². The van der Waals surface area contributed by atoms with Crippen LogP contribution in [-0.4, -0.2) is 36.6 Å². The Morgan fingerprint density at radius 3 is 1.89 bits per heavy atom. The van der Waals surface area contributed by atoms with Gasteiger partial charge in [-0.1, -0.05) is 14.9 Å². The van der Waals surface area contributed by atoms with Crippen molar-refractivity contribution in [2.45, 2.75) is 41.7 Å². The number of esters is 4. The van der Waals surface area contributed by atoms with E-state index in [-0.39, 0.29) is 14.9 Å². The van der Waals surface area contributed by atoms with Gasteiger partial charge in [0.1, 0.15) is 0 Å². The van der Waals surface area contributed by atoms with Gasteiger partial charge in [0.25, 0.3) is 0 Å². The van der Waals surface area contributed by atoms with Crippen LogP contribution in [0.3, 0.4) is 0 Å². The molecule has 0 spiro atoms. The summed E-state index contributed by atoms with van der Waals surface area (Å²) in [5.41, 5.74) is 0. The van der Waals surface area contributed by atoms with Crippen LogP contribution in [0.25, 0.3) is 0 Å². The van der Waals surface area contributed by atoms with Gasteiger partial charge >= 0.3 is 23.9 Å². The van der Waals surface area contributed by atoms with Crippen molar-refractivity contribution in [1.82, 2.24) is 0 Å². The standard InChI is InChI=1S/C9H12O7.2CH4/c1-5(15-6(2)10)9(13)14-4-8(12)16-7(3)11;;/h5H,4H2,1-3H3;2*1H4. The number of rotatable bonds is 4. The molecule has 1 atom stereocenters. The summed E-state index contributed by atoms with van der Waals surface area (Å²) >= 11 is 0. The lowest BCUT2D eigenvalue weighted by atomic mass is 10.4. The van der Waals surface area contributed by atoms with Crippen LogP contribution in [-0.2, 0) is 33.4 Å². The second-order valence-corrected chi connectivity index (χ2v) is 2.83. The molecule has 0 heterocycles. The molecule has 0 aliphatic heterocycles. The molecule has 0 saturated carbocycles. The summed E-state index contributed by atoms with van der Waals surface area (Å²) in [4.78, 5) is 42.7. The smallest absolute Gasteiger partial charge is 0.351 e. The van der Waals surface area contributed by atoms with E-state index in [2.05, 4.69) is 14.2 Å². The summed E-state index contributed by atoms with van der Waals surface area (Å²) in [5, 5.41) is 0. The van der Waals surface area contributed by atoms with Crippen LogP contribution in [0, 0.1) is 0 Å².